The number of piperidine rings is 1. The molecule has 1 atom stereocenters. The maximum atomic E-state index is 9.58. The molecule has 4 rings (SSSR count). The van der Waals surface area contributed by atoms with E-state index in [0.717, 1.165) is 50.2 Å². The Kier molecular flexibility index (Phi) is 5.33. The summed E-state index contributed by atoms with van der Waals surface area (Å²) in [6.45, 7) is 7.19. The van der Waals surface area contributed by atoms with E-state index >= 15 is 0 Å². The van der Waals surface area contributed by atoms with Crippen LogP contribution in [0.4, 0.5) is 11.8 Å². The molecule has 0 bridgehead atoms. The van der Waals surface area contributed by atoms with Crippen molar-refractivity contribution in [2.24, 2.45) is 0 Å². The Balaban J connectivity index is 1.41. The van der Waals surface area contributed by atoms with E-state index in [1.807, 2.05) is 4.90 Å². The minimum absolute atomic E-state index is 0.252. The Morgan fingerprint density at radius 2 is 2.04 bits per heavy atom. The third-order valence-corrected chi connectivity index (χ3v) is 5.41. The Morgan fingerprint density at radius 1 is 1.20 bits per heavy atom. The molecule has 0 aromatic carbocycles. The van der Waals surface area contributed by atoms with Crippen molar-refractivity contribution >= 4 is 11.8 Å². The van der Waals surface area contributed by atoms with E-state index in [1.165, 1.54) is 32.4 Å². The molecule has 3 aliphatic heterocycles. The van der Waals surface area contributed by atoms with Crippen molar-refractivity contribution < 1.29 is 9.84 Å². The molecule has 0 saturated carbocycles. The van der Waals surface area contributed by atoms with Gasteiger partial charge >= 0.3 is 0 Å². The van der Waals surface area contributed by atoms with Crippen LogP contribution in [0.25, 0.3) is 0 Å². The predicted octanol–water partition coefficient (Wildman–Crippen LogP) is 1.06. The van der Waals surface area contributed by atoms with Crippen molar-refractivity contribution in [2.45, 2.75) is 37.7 Å². The number of hydrogen-bond acceptors (Lipinski definition) is 7. The van der Waals surface area contributed by atoms with Crippen molar-refractivity contribution in [2.75, 3.05) is 62.7 Å². The Labute approximate surface area is 149 Å². The number of rotatable bonds is 6. The van der Waals surface area contributed by atoms with Gasteiger partial charge in [-0.05, 0) is 32.4 Å². The lowest BCUT2D eigenvalue weighted by atomic mass is 10.0. The zero-order valence-corrected chi connectivity index (χ0v) is 14.9. The molecule has 7 nitrogen and oxygen atoms in total. The number of aliphatic hydroxyl groups excluding tert-OH is 1. The highest BCUT2D eigenvalue weighted by Gasteiger charge is 2.28. The highest BCUT2D eigenvalue weighted by atomic mass is 16.5. The van der Waals surface area contributed by atoms with Gasteiger partial charge in [0.05, 0.1) is 18.4 Å². The third-order valence-electron chi connectivity index (χ3n) is 5.41. The van der Waals surface area contributed by atoms with Crippen LogP contribution in [0.5, 0.6) is 0 Å². The van der Waals surface area contributed by atoms with E-state index in [0.29, 0.717) is 19.0 Å². The zero-order valence-electron chi connectivity index (χ0n) is 14.9. The quantitative estimate of drug-likeness (QED) is 0.797. The number of β-amino-alcohol motifs (C(OH)–C–C–N with tert-alkyl or cyclic N) is 1. The summed E-state index contributed by atoms with van der Waals surface area (Å²) in [5.74, 6) is 1.98. The van der Waals surface area contributed by atoms with Crippen LogP contribution in [0, 0.1) is 0 Å². The van der Waals surface area contributed by atoms with Crippen molar-refractivity contribution in [1.82, 2.24) is 14.9 Å². The molecular formula is C18H29N5O2. The van der Waals surface area contributed by atoms with Gasteiger partial charge in [-0.25, -0.2) is 4.98 Å². The van der Waals surface area contributed by atoms with Gasteiger partial charge in [-0.15, -0.1) is 0 Å². The van der Waals surface area contributed by atoms with Crippen LogP contribution < -0.4 is 10.2 Å². The van der Waals surface area contributed by atoms with Crippen LogP contribution in [-0.2, 0) is 4.74 Å². The van der Waals surface area contributed by atoms with Crippen LogP contribution in [-0.4, -0.2) is 78.6 Å². The van der Waals surface area contributed by atoms with E-state index in [4.69, 9.17) is 9.72 Å². The molecule has 1 aromatic heterocycles. The van der Waals surface area contributed by atoms with Crippen molar-refractivity contribution in [1.29, 1.82) is 0 Å². The lowest BCUT2D eigenvalue weighted by Gasteiger charge is -2.36. The van der Waals surface area contributed by atoms with Gasteiger partial charge in [-0.2, -0.15) is 4.98 Å². The number of anilines is 2. The SMILES string of the molecule is OC1CN(c2nc(NCCN3CCCCC3)cc([C@@H]3CCOC3)n2)C1. The maximum Gasteiger partial charge on any atom is 0.227 e. The summed E-state index contributed by atoms with van der Waals surface area (Å²) < 4.78 is 5.53. The molecule has 2 N–H and O–H groups in total. The van der Waals surface area contributed by atoms with Gasteiger partial charge in [-0.1, -0.05) is 6.42 Å². The molecule has 0 amide bonds. The standard InChI is InChI=1S/C18H29N5O2/c24-15-11-23(12-15)18-20-16(14-4-9-25-13-14)10-17(21-18)19-5-8-22-6-2-1-3-7-22/h10,14-15,24H,1-9,11-13H2,(H,19,20,21)/t14-/m1/s1. The number of likely N-dealkylation sites (tertiary alicyclic amines) is 1. The van der Waals surface area contributed by atoms with Crippen LogP contribution >= 0.6 is 0 Å². The summed E-state index contributed by atoms with van der Waals surface area (Å²) in [6.07, 6.45) is 4.78. The summed E-state index contributed by atoms with van der Waals surface area (Å²) in [6, 6.07) is 2.08. The van der Waals surface area contributed by atoms with Crippen LogP contribution in [0.1, 0.15) is 37.3 Å². The largest absolute Gasteiger partial charge is 0.389 e. The lowest BCUT2D eigenvalue weighted by molar-refractivity contribution is 0.140. The first-order valence-electron chi connectivity index (χ1n) is 9.64. The first-order valence-corrected chi connectivity index (χ1v) is 9.64. The summed E-state index contributed by atoms with van der Waals surface area (Å²) >= 11 is 0. The number of aromatic nitrogens is 2. The molecule has 4 heterocycles. The number of nitrogens with one attached hydrogen (secondary N) is 1. The Hall–Kier alpha value is -1.44. The number of ether oxygens (including phenoxy) is 1. The van der Waals surface area contributed by atoms with Gasteiger partial charge in [0.1, 0.15) is 5.82 Å². The molecule has 0 spiro atoms. The topological polar surface area (TPSA) is 73.8 Å². The van der Waals surface area contributed by atoms with Gasteiger partial charge in [0.2, 0.25) is 5.95 Å². The molecule has 25 heavy (non-hydrogen) atoms. The van der Waals surface area contributed by atoms with Crippen LogP contribution in [0.2, 0.25) is 0 Å². The highest BCUT2D eigenvalue weighted by molar-refractivity contribution is 5.46. The van der Waals surface area contributed by atoms with E-state index in [9.17, 15) is 5.11 Å². The molecule has 1 aromatic rings. The van der Waals surface area contributed by atoms with E-state index in [1.54, 1.807) is 0 Å². The van der Waals surface area contributed by atoms with Crippen molar-refractivity contribution in [3.63, 3.8) is 0 Å². The van der Waals surface area contributed by atoms with E-state index in [-0.39, 0.29) is 6.10 Å². The predicted molar refractivity (Wildman–Crippen MR) is 97.2 cm³/mol. The molecule has 3 fully saturated rings. The van der Waals surface area contributed by atoms with E-state index < -0.39 is 0 Å². The first-order chi connectivity index (χ1) is 12.3. The van der Waals surface area contributed by atoms with Crippen LogP contribution in [0.15, 0.2) is 6.07 Å². The third kappa shape index (κ3) is 4.22. The van der Waals surface area contributed by atoms with Gasteiger partial charge in [-0.3, -0.25) is 0 Å². The molecular weight excluding hydrogens is 318 g/mol. The molecule has 3 saturated heterocycles. The molecule has 7 heteroatoms. The smallest absolute Gasteiger partial charge is 0.227 e. The summed E-state index contributed by atoms with van der Waals surface area (Å²) in [7, 11) is 0. The molecule has 0 aliphatic carbocycles. The number of nitrogens with zero attached hydrogens (tertiary/aromatic N) is 4. The number of aliphatic hydroxyl groups is 1. The summed E-state index contributed by atoms with van der Waals surface area (Å²) in [5.41, 5.74) is 1.06. The number of hydrogen-bond donors (Lipinski definition) is 2. The normalized spacial score (nSPS) is 25.2. The summed E-state index contributed by atoms with van der Waals surface area (Å²) in [4.78, 5) is 14.0. The van der Waals surface area contributed by atoms with Gasteiger partial charge < -0.3 is 25.0 Å². The zero-order chi connectivity index (χ0) is 17.1. The monoisotopic (exact) mass is 347 g/mol. The minimum Gasteiger partial charge on any atom is -0.389 e. The lowest BCUT2D eigenvalue weighted by Crippen LogP contribution is -2.51. The highest BCUT2D eigenvalue weighted by Crippen LogP contribution is 2.28. The van der Waals surface area contributed by atoms with Gasteiger partial charge in [0.25, 0.3) is 0 Å². The van der Waals surface area contributed by atoms with Gasteiger partial charge in [0.15, 0.2) is 0 Å². The fourth-order valence-electron chi connectivity index (χ4n) is 3.81. The minimum atomic E-state index is -0.252. The Bertz CT molecular complexity index is 567. The second kappa shape index (κ2) is 7.85. The molecule has 0 radical (unpaired) electrons. The average Bonchev–Trinajstić information content (AvgIpc) is 3.14. The molecule has 0 unspecified atom stereocenters. The molecule has 138 valence electrons. The summed E-state index contributed by atoms with van der Waals surface area (Å²) in [5, 5.41) is 13.1. The van der Waals surface area contributed by atoms with Gasteiger partial charge in [0, 0.05) is 44.8 Å². The second-order valence-electron chi connectivity index (χ2n) is 7.43. The fourth-order valence-corrected chi connectivity index (χ4v) is 3.81. The molecule has 3 aliphatic rings. The van der Waals surface area contributed by atoms with Crippen LogP contribution in [0.3, 0.4) is 0 Å². The Morgan fingerprint density at radius 3 is 2.76 bits per heavy atom. The maximum absolute atomic E-state index is 9.58. The first kappa shape index (κ1) is 17.0. The van der Waals surface area contributed by atoms with Crippen molar-refractivity contribution in [3.8, 4) is 0 Å². The fraction of sp³-hybridized carbons (Fsp3) is 0.778. The average molecular weight is 347 g/mol. The second-order valence-corrected chi connectivity index (χ2v) is 7.43. The van der Waals surface area contributed by atoms with E-state index in [2.05, 4.69) is 21.3 Å². The van der Waals surface area contributed by atoms with Crippen molar-refractivity contribution in [3.05, 3.63) is 11.8 Å².